The molecule has 0 radical (unpaired) electrons. The van der Waals surface area contributed by atoms with Crippen molar-refractivity contribution in [3.8, 4) is 44.5 Å². The second kappa shape index (κ2) is 15.8. The standard InChI is InChI=1S/C54H45N5O3/c1-32-4-10-35(11-5-32)49-41-20-22-43(55-41)50(36-12-6-33(2)7-13-36)45-24-26-47(57-45)52(38-16-18-39(19-17-38)53(60)59-30-28-40(29-31-59)54(61)62)48-27-25-46(58-48)51(44-23-21-42(49)56-44)37-14-8-34(3)9-15-37/h4-27,40,57-58H,28-31H2,1-3H3,(H,61,62). The Kier molecular flexibility index (Phi) is 9.83. The second-order valence-corrected chi connectivity index (χ2v) is 16.6. The Morgan fingerprint density at radius 3 is 1.23 bits per heavy atom. The highest BCUT2D eigenvalue weighted by Crippen LogP contribution is 2.39. The zero-order valence-electron chi connectivity index (χ0n) is 34.9. The summed E-state index contributed by atoms with van der Waals surface area (Å²) in [4.78, 5) is 45.5. The Labute approximate surface area is 360 Å². The Balaban J connectivity index is 1.24. The molecule has 3 aliphatic heterocycles. The monoisotopic (exact) mass is 811 g/mol. The number of benzene rings is 4. The number of aryl methyl sites for hydroxylation is 3. The average molecular weight is 812 g/mol. The number of aromatic amines is 2. The normalized spacial score (nSPS) is 13.8. The molecule has 1 amide bonds. The predicted molar refractivity (Wildman–Crippen MR) is 251 cm³/mol. The summed E-state index contributed by atoms with van der Waals surface area (Å²) in [7, 11) is 0. The molecular formula is C54H45N5O3. The summed E-state index contributed by atoms with van der Waals surface area (Å²) in [5.74, 6) is -1.29. The summed E-state index contributed by atoms with van der Waals surface area (Å²) in [5, 5.41) is 9.49. The van der Waals surface area contributed by atoms with Crippen LogP contribution in [0.2, 0.25) is 0 Å². The number of rotatable bonds is 6. The topological polar surface area (TPSA) is 115 Å². The Morgan fingerprint density at radius 1 is 0.484 bits per heavy atom. The number of nitrogens with one attached hydrogen (secondary N) is 2. The lowest BCUT2D eigenvalue weighted by molar-refractivity contribution is -0.143. The third-order valence-corrected chi connectivity index (χ3v) is 12.3. The fourth-order valence-electron chi connectivity index (χ4n) is 8.87. The summed E-state index contributed by atoms with van der Waals surface area (Å²) in [5.41, 5.74) is 18.9. The molecule has 62 heavy (non-hydrogen) atoms. The lowest BCUT2D eigenvalue weighted by Gasteiger charge is -2.30. The SMILES string of the molecule is Cc1ccc(-c2c3nc(c(-c4ccc(C)cc4)c4ccc([nH]4)c(-c4ccc(C(=O)N5CCC(C(=O)O)CC5)cc4)c4ccc([nH]4)c(-c4ccc(C)cc4)c4nc2C=C4)C=C3)cc1. The number of nitrogens with zero attached hydrogens (tertiary/aromatic N) is 3. The van der Waals surface area contributed by atoms with Gasteiger partial charge in [0, 0.05) is 63.0 Å². The number of carboxylic acid groups (broad SMARTS) is 1. The second-order valence-electron chi connectivity index (χ2n) is 16.6. The van der Waals surface area contributed by atoms with E-state index in [4.69, 9.17) is 9.97 Å². The molecule has 3 aliphatic rings. The number of H-pyrrole nitrogens is 2. The average Bonchev–Trinajstić information content (AvgIpc) is 4.14. The van der Waals surface area contributed by atoms with Gasteiger partial charge in [-0.15, -0.1) is 0 Å². The number of amides is 1. The first kappa shape index (κ1) is 38.6. The van der Waals surface area contributed by atoms with Gasteiger partial charge in [0.2, 0.25) is 0 Å². The quantitative estimate of drug-likeness (QED) is 0.155. The molecule has 3 N–H and O–H groups in total. The smallest absolute Gasteiger partial charge is 0.306 e. The molecule has 0 unspecified atom stereocenters. The molecule has 8 heteroatoms. The fourth-order valence-corrected chi connectivity index (χ4v) is 8.87. The molecule has 0 saturated carbocycles. The van der Waals surface area contributed by atoms with Crippen LogP contribution in [0, 0.1) is 26.7 Å². The van der Waals surface area contributed by atoms with E-state index in [0.29, 0.717) is 31.5 Å². The van der Waals surface area contributed by atoms with Crippen LogP contribution in [0.15, 0.2) is 121 Å². The first-order chi connectivity index (χ1) is 30.2. The highest BCUT2D eigenvalue weighted by atomic mass is 16.4. The van der Waals surface area contributed by atoms with Gasteiger partial charge in [-0.1, -0.05) is 102 Å². The number of hydrogen-bond donors (Lipinski definition) is 3. The van der Waals surface area contributed by atoms with Crippen molar-refractivity contribution in [3.05, 3.63) is 166 Å². The number of carbonyl (C=O) groups is 2. The molecule has 4 aromatic carbocycles. The van der Waals surface area contributed by atoms with Gasteiger partial charge >= 0.3 is 5.97 Å². The van der Waals surface area contributed by atoms with Crippen molar-refractivity contribution in [1.82, 2.24) is 24.8 Å². The Bertz CT molecular complexity index is 2980. The molecule has 8 bridgehead atoms. The van der Waals surface area contributed by atoms with Crippen LogP contribution < -0.4 is 0 Å². The lowest BCUT2D eigenvalue weighted by atomic mass is 9.96. The Morgan fingerprint density at radius 2 is 0.823 bits per heavy atom. The zero-order valence-corrected chi connectivity index (χ0v) is 34.9. The number of fused-ring (bicyclic) bond motifs is 8. The summed E-state index contributed by atoms with van der Waals surface area (Å²) in [6, 6.07) is 41.9. The summed E-state index contributed by atoms with van der Waals surface area (Å²) < 4.78 is 0. The molecule has 3 aromatic heterocycles. The van der Waals surface area contributed by atoms with Crippen molar-refractivity contribution < 1.29 is 14.7 Å². The van der Waals surface area contributed by atoms with Crippen molar-refractivity contribution in [1.29, 1.82) is 0 Å². The maximum absolute atomic E-state index is 13.7. The van der Waals surface area contributed by atoms with Crippen LogP contribution in [0.25, 0.3) is 90.9 Å². The number of aromatic nitrogens is 4. The van der Waals surface area contributed by atoms with E-state index in [1.54, 1.807) is 4.90 Å². The first-order valence-electron chi connectivity index (χ1n) is 21.2. The maximum atomic E-state index is 13.7. The number of carbonyl (C=O) groups excluding carboxylic acids is 1. The predicted octanol–water partition coefficient (Wildman–Crippen LogP) is 12.2. The van der Waals surface area contributed by atoms with Crippen molar-refractivity contribution in [3.63, 3.8) is 0 Å². The molecule has 0 spiro atoms. The van der Waals surface area contributed by atoms with Gasteiger partial charge in [-0.25, -0.2) is 9.97 Å². The third-order valence-electron chi connectivity index (χ3n) is 12.3. The molecule has 1 saturated heterocycles. The van der Waals surface area contributed by atoms with Crippen LogP contribution in [0.1, 0.15) is 62.7 Å². The van der Waals surface area contributed by atoms with Gasteiger partial charge in [-0.05, 0) is 117 Å². The van der Waals surface area contributed by atoms with Crippen LogP contribution >= 0.6 is 0 Å². The molecule has 0 aliphatic carbocycles. The van der Waals surface area contributed by atoms with Crippen LogP contribution in [0.3, 0.4) is 0 Å². The molecule has 0 atom stereocenters. The third kappa shape index (κ3) is 7.23. The number of aliphatic carboxylic acids is 1. The minimum atomic E-state index is -0.794. The van der Waals surface area contributed by atoms with Crippen LogP contribution in [-0.4, -0.2) is 54.9 Å². The van der Waals surface area contributed by atoms with Gasteiger partial charge in [0.15, 0.2) is 0 Å². The molecule has 10 rings (SSSR count). The van der Waals surface area contributed by atoms with E-state index < -0.39 is 11.9 Å². The summed E-state index contributed by atoms with van der Waals surface area (Å²) in [6.07, 6.45) is 9.33. The van der Waals surface area contributed by atoms with E-state index >= 15 is 0 Å². The van der Waals surface area contributed by atoms with Gasteiger partial charge in [-0.3, -0.25) is 9.59 Å². The van der Waals surface area contributed by atoms with Gasteiger partial charge in [0.05, 0.1) is 28.7 Å². The minimum absolute atomic E-state index is 0.0895. The van der Waals surface area contributed by atoms with E-state index in [2.05, 4.69) is 152 Å². The highest BCUT2D eigenvalue weighted by Gasteiger charge is 2.28. The molecule has 6 heterocycles. The molecule has 1 fully saturated rings. The van der Waals surface area contributed by atoms with E-state index in [9.17, 15) is 14.7 Å². The molecule has 304 valence electrons. The summed E-state index contributed by atoms with van der Waals surface area (Å²) in [6.45, 7) is 7.14. The lowest BCUT2D eigenvalue weighted by Crippen LogP contribution is -2.40. The van der Waals surface area contributed by atoms with Crippen LogP contribution in [0.4, 0.5) is 0 Å². The summed E-state index contributed by atoms with van der Waals surface area (Å²) >= 11 is 0. The van der Waals surface area contributed by atoms with Crippen LogP contribution in [0.5, 0.6) is 0 Å². The van der Waals surface area contributed by atoms with Gasteiger partial charge in [0.1, 0.15) is 0 Å². The largest absolute Gasteiger partial charge is 0.481 e. The number of likely N-dealkylation sites (tertiary alicyclic amines) is 1. The van der Waals surface area contributed by atoms with E-state index in [0.717, 1.165) is 89.4 Å². The van der Waals surface area contributed by atoms with Gasteiger partial charge in [0.25, 0.3) is 5.91 Å². The fraction of sp³-hybridized carbons (Fsp3) is 0.148. The zero-order chi connectivity index (χ0) is 42.5. The first-order valence-corrected chi connectivity index (χ1v) is 21.2. The molecule has 8 nitrogen and oxygen atoms in total. The maximum Gasteiger partial charge on any atom is 0.306 e. The molecule has 7 aromatic rings. The van der Waals surface area contributed by atoms with E-state index in [-0.39, 0.29) is 5.91 Å². The minimum Gasteiger partial charge on any atom is -0.481 e. The van der Waals surface area contributed by atoms with Crippen molar-refractivity contribution in [2.24, 2.45) is 5.92 Å². The van der Waals surface area contributed by atoms with Gasteiger partial charge < -0.3 is 20.0 Å². The number of hydrogen-bond acceptors (Lipinski definition) is 4. The molecular weight excluding hydrogens is 767 g/mol. The Hall–Kier alpha value is -7.58. The number of piperidine rings is 1. The van der Waals surface area contributed by atoms with Gasteiger partial charge in [-0.2, -0.15) is 0 Å². The van der Waals surface area contributed by atoms with Crippen LogP contribution in [-0.2, 0) is 4.79 Å². The number of carboxylic acids is 1. The van der Waals surface area contributed by atoms with Crippen molar-refractivity contribution in [2.45, 2.75) is 33.6 Å². The van der Waals surface area contributed by atoms with E-state index in [1.165, 1.54) is 16.7 Å². The van der Waals surface area contributed by atoms with E-state index in [1.807, 2.05) is 24.3 Å². The van der Waals surface area contributed by atoms with Crippen molar-refractivity contribution >= 4 is 58.2 Å². The van der Waals surface area contributed by atoms with Crippen molar-refractivity contribution in [2.75, 3.05) is 13.1 Å². The highest BCUT2D eigenvalue weighted by molar-refractivity contribution is 6.01.